The summed E-state index contributed by atoms with van der Waals surface area (Å²) in [5.41, 5.74) is 0. The Morgan fingerprint density at radius 2 is 1.94 bits per heavy atom. The van der Waals surface area contributed by atoms with Crippen LogP contribution in [0.1, 0.15) is 19.8 Å². The number of allylic oxidation sites excluding steroid dienone is 2. The first-order chi connectivity index (χ1) is 8.41. The van der Waals surface area contributed by atoms with Gasteiger partial charge in [0, 0.05) is 28.9 Å². The number of carbonyl (C=O) groups is 2. The molecule has 2 N–H and O–H groups in total. The van der Waals surface area contributed by atoms with E-state index in [1.54, 1.807) is 19.3 Å². The van der Waals surface area contributed by atoms with Crippen LogP contribution in [0.2, 0.25) is 0 Å². The molecular weight excluding hydrogens is 254 g/mol. The molecule has 5 nitrogen and oxygen atoms in total. The fourth-order valence-corrected chi connectivity index (χ4v) is 2.91. The monoisotopic (exact) mass is 273 g/mol. The van der Waals surface area contributed by atoms with Gasteiger partial charge >= 0.3 is 5.97 Å². The molecule has 0 aromatic rings. The lowest BCUT2D eigenvalue weighted by Gasteiger charge is -2.25. The van der Waals surface area contributed by atoms with Crippen LogP contribution in [0.15, 0.2) is 12.2 Å². The molecule has 18 heavy (non-hydrogen) atoms. The smallest absolute Gasteiger partial charge is 0.307 e. The highest BCUT2D eigenvalue weighted by Gasteiger charge is 2.34. The summed E-state index contributed by atoms with van der Waals surface area (Å²) in [4.78, 5) is 23.1. The van der Waals surface area contributed by atoms with Crippen LogP contribution >= 0.6 is 0 Å². The molecule has 102 valence electrons. The summed E-state index contributed by atoms with van der Waals surface area (Å²) in [7, 11) is -0.980. The molecule has 2 unspecified atom stereocenters. The first kappa shape index (κ1) is 14.9. The summed E-state index contributed by atoms with van der Waals surface area (Å²) in [5.74, 6) is -2.00. The van der Waals surface area contributed by atoms with Crippen molar-refractivity contribution in [3.05, 3.63) is 12.2 Å². The average Bonchev–Trinajstić information content (AvgIpc) is 2.27. The van der Waals surface area contributed by atoms with Crippen LogP contribution in [0.25, 0.3) is 0 Å². The Morgan fingerprint density at radius 1 is 1.39 bits per heavy atom. The number of aliphatic carboxylic acids is 1. The topological polar surface area (TPSA) is 83.5 Å². The van der Waals surface area contributed by atoms with Crippen LogP contribution in [-0.2, 0) is 20.4 Å². The second-order valence-corrected chi connectivity index (χ2v) is 6.12. The Balaban J connectivity index is 2.61. The van der Waals surface area contributed by atoms with Gasteiger partial charge in [0.1, 0.15) is 0 Å². The van der Waals surface area contributed by atoms with Crippen LogP contribution in [0.3, 0.4) is 0 Å². The fourth-order valence-electron chi connectivity index (χ4n) is 2.12. The number of hydrogen-bond acceptors (Lipinski definition) is 3. The van der Waals surface area contributed by atoms with E-state index < -0.39 is 28.6 Å². The minimum Gasteiger partial charge on any atom is -0.481 e. The SMILES string of the molecule is CC(CS(C)=O)NC(=O)[C@@H]1CC=CC[C@@H]1C(=O)O. The largest absolute Gasteiger partial charge is 0.481 e. The highest BCUT2D eigenvalue weighted by molar-refractivity contribution is 7.84. The molecule has 0 bridgehead atoms. The maximum absolute atomic E-state index is 12.0. The van der Waals surface area contributed by atoms with E-state index in [9.17, 15) is 13.8 Å². The van der Waals surface area contributed by atoms with Gasteiger partial charge in [0.25, 0.3) is 0 Å². The summed E-state index contributed by atoms with van der Waals surface area (Å²) < 4.78 is 11.0. The minimum absolute atomic E-state index is 0.205. The van der Waals surface area contributed by atoms with Crippen LogP contribution < -0.4 is 5.32 Å². The average molecular weight is 273 g/mol. The van der Waals surface area contributed by atoms with Gasteiger partial charge < -0.3 is 10.4 Å². The Hall–Kier alpha value is -1.17. The van der Waals surface area contributed by atoms with Crippen molar-refractivity contribution in [2.24, 2.45) is 11.8 Å². The van der Waals surface area contributed by atoms with Gasteiger partial charge in [-0.3, -0.25) is 13.8 Å². The molecular formula is C12H19NO4S. The summed E-state index contributed by atoms with van der Waals surface area (Å²) in [6.07, 6.45) is 6.05. The maximum atomic E-state index is 12.0. The molecule has 0 fully saturated rings. The number of amides is 1. The highest BCUT2D eigenvalue weighted by atomic mass is 32.2. The summed E-state index contributed by atoms with van der Waals surface area (Å²) >= 11 is 0. The van der Waals surface area contributed by atoms with Gasteiger partial charge in [-0.1, -0.05) is 12.2 Å². The molecule has 1 aliphatic carbocycles. The molecule has 4 atom stereocenters. The second kappa shape index (κ2) is 6.68. The minimum atomic E-state index is -0.980. The Morgan fingerprint density at radius 3 is 2.44 bits per heavy atom. The van der Waals surface area contributed by atoms with Crippen molar-refractivity contribution in [1.82, 2.24) is 5.32 Å². The van der Waals surface area contributed by atoms with E-state index >= 15 is 0 Å². The van der Waals surface area contributed by atoms with Crippen LogP contribution in [-0.4, -0.2) is 39.2 Å². The predicted molar refractivity (Wildman–Crippen MR) is 69.5 cm³/mol. The number of hydrogen-bond donors (Lipinski definition) is 2. The van der Waals surface area contributed by atoms with E-state index in [2.05, 4.69) is 5.32 Å². The normalized spacial score (nSPS) is 26.3. The van der Waals surface area contributed by atoms with Crippen molar-refractivity contribution in [3.63, 3.8) is 0 Å². The van der Waals surface area contributed by atoms with Gasteiger partial charge in [-0.05, 0) is 19.8 Å². The third-order valence-corrected chi connectivity index (χ3v) is 3.93. The Bertz CT molecular complexity index is 380. The summed E-state index contributed by atoms with van der Waals surface area (Å²) in [5, 5.41) is 11.8. The fraction of sp³-hybridized carbons (Fsp3) is 0.667. The molecule has 0 radical (unpaired) electrons. The van der Waals surface area contributed by atoms with Gasteiger partial charge in [0.15, 0.2) is 0 Å². The second-order valence-electron chi connectivity index (χ2n) is 4.64. The lowest BCUT2D eigenvalue weighted by molar-refractivity contribution is -0.147. The first-order valence-electron chi connectivity index (χ1n) is 5.90. The number of nitrogens with one attached hydrogen (secondary N) is 1. The van der Waals surface area contributed by atoms with E-state index in [1.165, 1.54) is 0 Å². The number of carboxylic acid groups (broad SMARTS) is 1. The number of carbonyl (C=O) groups excluding carboxylic acids is 1. The quantitative estimate of drug-likeness (QED) is 0.716. The third kappa shape index (κ3) is 4.25. The number of carboxylic acids is 1. The molecule has 0 heterocycles. The van der Waals surface area contributed by atoms with Crippen molar-refractivity contribution >= 4 is 22.7 Å². The van der Waals surface area contributed by atoms with E-state index in [4.69, 9.17) is 5.11 Å². The van der Waals surface area contributed by atoms with Crippen LogP contribution in [0, 0.1) is 11.8 Å². The van der Waals surface area contributed by atoms with E-state index in [0.717, 1.165) is 0 Å². The van der Waals surface area contributed by atoms with Crippen molar-refractivity contribution in [2.75, 3.05) is 12.0 Å². The van der Waals surface area contributed by atoms with Crippen LogP contribution in [0.4, 0.5) is 0 Å². The summed E-state index contributed by atoms with van der Waals surface area (Å²) in [6.45, 7) is 1.77. The standard InChI is InChI=1S/C12H19NO4S/c1-8(7-18(2)17)13-11(14)9-5-3-4-6-10(9)12(15)16/h3-4,8-10H,5-7H2,1-2H3,(H,13,14)(H,15,16)/t8?,9-,10+,18?/m1/s1. The van der Waals surface area contributed by atoms with Gasteiger partial charge in [0.05, 0.1) is 11.8 Å². The lowest BCUT2D eigenvalue weighted by Crippen LogP contribution is -2.44. The van der Waals surface area contributed by atoms with Crippen molar-refractivity contribution in [3.8, 4) is 0 Å². The molecule has 1 amide bonds. The molecule has 0 aliphatic heterocycles. The van der Waals surface area contributed by atoms with Crippen molar-refractivity contribution in [2.45, 2.75) is 25.8 Å². The van der Waals surface area contributed by atoms with E-state index in [-0.39, 0.29) is 11.9 Å². The maximum Gasteiger partial charge on any atom is 0.307 e. The lowest BCUT2D eigenvalue weighted by atomic mass is 9.82. The predicted octanol–water partition coefficient (Wildman–Crippen LogP) is 0.537. The van der Waals surface area contributed by atoms with Gasteiger partial charge in [-0.2, -0.15) is 0 Å². The van der Waals surface area contributed by atoms with Gasteiger partial charge in [-0.25, -0.2) is 0 Å². The Kier molecular flexibility index (Phi) is 5.53. The van der Waals surface area contributed by atoms with Crippen molar-refractivity contribution in [1.29, 1.82) is 0 Å². The Labute approximate surface area is 109 Å². The molecule has 0 aromatic carbocycles. The van der Waals surface area contributed by atoms with Gasteiger partial charge in [0.2, 0.25) is 5.91 Å². The third-order valence-electron chi connectivity index (χ3n) is 2.96. The zero-order valence-corrected chi connectivity index (χ0v) is 11.4. The van der Waals surface area contributed by atoms with E-state index in [0.29, 0.717) is 18.6 Å². The zero-order chi connectivity index (χ0) is 13.7. The first-order valence-corrected chi connectivity index (χ1v) is 7.62. The molecule has 0 spiro atoms. The molecule has 1 rings (SSSR count). The molecule has 0 saturated carbocycles. The molecule has 0 saturated heterocycles. The summed E-state index contributed by atoms with van der Waals surface area (Å²) in [6, 6.07) is -0.205. The molecule has 1 aliphatic rings. The molecule has 0 aromatic heterocycles. The zero-order valence-electron chi connectivity index (χ0n) is 10.6. The van der Waals surface area contributed by atoms with E-state index in [1.807, 2.05) is 6.08 Å². The van der Waals surface area contributed by atoms with Crippen molar-refractivity contribution < 1.29 is 18.9 Å². The van der Waals surface area contributed by atoms with Crippen LogP contribution in [0.5, 0.6) is 0 Å². The molecule has 6 heteroatoms. The highest BCUT2D eigenvalue weighted by Crippen LogP contribution is 2.26. The number of rotatable bonds is 5. The van der Waals surface area contributed by atoms with Gasteiger partial charge in [-0.15, -0.1) is 0 Å².